The lowest BCUT2D eigenvalue weighted by atomic mass is 9.76. The van der Waals surface area contributed by atoms with Crippen LogP contribution in [0.25, 0.3) is 21.0 Å². The molecular formula is C31H32FN5O3S2. The molecule has 1 saturated heterocycles. The Morgan fingerprint density at radius 1 is 1.10 bits per heavy atom. The topological polar surface area (TPSA) is 116 Å². The number of amides is 1. The highest BCUT2D eigenvalue weighted by atomic mass is 32.2. The molecule has 8 nitrogen and oxygen atoms in total. The van der Waals surface area contributed by atoms with Gasteiger partial charge in [0.1, 0.15) is 16.4 Å². The second kappa shape index (κ2) is 10.1. The molecule has 3 aromatic rings. The van der Waals surface area contributed by atoms with Gasteiger partial charge in [-0.15, -0.1) is 11.3 Å². The smallest absolute Gasteiger partial charge is 0.225 e. The normalized spacial score (nSPS) is 25.0. The van der Waals surface area contributed by atoms with Crippen molar-refractivity contribution < 1.29 is 17.6 Å². The van der Waals surface area contributed by atoms with Gasteiger partial charge in [-0.25, -0.2) is 17.8 Å². The fourth-order valence-corrected chi connectivity index (χ4v) is 9.65. The lowest BCUT2D eigenvalue weighted by Crippen LogP contribution is -2.48. The minimum atomic E-state index is -3.04. The SMILES string of the molecule is N#CC1(NC(=O)[C@@H]2CCCC[C@H]2c2nc(-c3cncc(F)c3)sc2-c2ccc(N3CCS(=O)(=O)C4(CC4)C3)cc2)CC1. The molecule has 7 rings (SSSR count). The third kappa shape index (κ3) is 4.88. The molecule has 1 aliphatic heterocycles. The van der Waals surface area contributed by atoms with Gasteiger partial charge in [0.15, 0.2) is 9.84 Å². The van der Waals surface area contributed by atoms with E-state index in [1.807, 2.05) is 24.3 Å². The van der Waals surface area contributed by atoms with Crippen molar-refractivity contribution in [2.24, 2.45) is 5.92 Å². The maximum atomic E-state index is 14.1. The summed E-state index contributed by atoms with van der Waals surface area (Å²) in [5, 5.41) is 13.2. The Morgan fingerprint density at radius 3 is 2.55 bits per heavy atom. The number of pyridine rings is 1. The molecule has 11 heteroatoms. The van der Waals surface area contributed by atoms with Crippen molar-refractivity contribution >= 4 is 32.8 Å². The van der Waals surface area contributed by atoms with Gasteiger partial charge in [0.2, 0.25) is 5.91 Å². The molecule has 1 aromatic carbocycles. The fourth-order valence-electron chi connectivity index (χ4n) is 6.56. The van der Waals surface area contributed by atoms with Crippen LogP contribution in [-0.4, -0.2) is 53.4 Å². The molecule has 42 heavy (non-hydrogen) atoms. The van der Waals surface area contributed by atoms with Crippen LogP contribution < -0.4 is 10.2 Å². The first-order valence-corrected chi connectivity index (χ1v) is 17.1. The van der Waals surface area contributed by atoms with Crippen LogP contribution in [0.1, 0.15) is 63.0 Å². The summed E-state index contributed by atoms with van der Waals surface area (Å²) in [6, 6.07) is 11.8. The number of benzene rings is 1. The third-order valence-corrected chi connectivity index (χ3v) is 13.2. The summed E-state index contributed by atoms with van der Waals surface area (Å²) in [7, 11) is -3.04. The largest absolute Gasteiger partial charge is 0.369 e. The summed E-state index contributed by atoms with van der Waals surface area (Å²) in [5.74, 6) is -0.772. The summed E-state index contributed by atoms with van der Waals surface area (Å²) in [5.41, 5.74) is 2.63. The summed E-state index contributed by atoms with van der Waals surface area (Å²) in [6.07, 6.45) is 9.05. The van der Waals surface area contributed by atoms with Crippen molar-refractivity contribution in [3.05, 3.63) is 54.2 Å². The van der Waals surface area contributed by atoms with E-state index in [1.165, 1.54) is 23.6 Å². The van der Waals surface area contributed by atoms with Crippen molar-refractivity contribution in [1.82, 2.24) is 15.3 Å². The molecule has 4 fully saturated rings. The predicted molar refractivity (Wildman–Crippen MR) is 159 cm³/mol. The number of nitriles is 1. The van der Waals surface area contributed by atoms with Gasteiger partial charge in [0.25, 0.3) is 0 Å². The van der Waals surface area contributed by atoms with Gasteiger partial charge in [-0.1, -0.05) is 25.0 Å². The molecule has 0 radical (unpaired) electrons. The monoisotopic (exact) mass is 605 g/mol. The molecule has 4 aliphatic rings. The van der Waals surface area contributed by atoms with E-state index < -0.39 is 25.9 Å². The maximum absolute atomic E-state index is 14.1. The Morgan fingerprint density at radius 2 is 1.86 bits per heavy atom. The zero-order valence-electron chi connectivity index (χ0n) is 23.2. The summed E-state index contributed by atoms with van der Waals surface area (Å²) in [6.45, 7) is 1.01. The van der Waals surface area contributed by atoms with Crippen LogP contribution in [0.3, 0.4) is 0 Å². The number of nitrogens with zero attached hydrogens (tertiary/aromatic N) is 4. The lowest BCUT2D eigenvalue weighted by molar-refractivity contribution is -0.127. The fraction of sp³-hybridized carbons (Fsp3) is 0.484. The number of rotatable bonds is 6. The van der Waals surface area contributed by atoms with Gasteiger partial charge in [0.05, 0.1) is 33.3 Å². The van der Waals surface area contributed by atoms with Crippen LogP contribution in [0.15, 0.2) is 42.7 Å². The number of hydrogen-bond donors (Lipinski definition) is 1. The number of nitrogens with one attached hydrogen (secondary N) is 1. The number of carbonyl (C=O) groups is 1. The molecule has 1 N–H and O–H groups in total. The van der Waals surface area contributed by atoms with Crippen LogP contribution in [0.2, 0.25) is 0 Å². The zero-order valence-corrected chi connectivity index (χ0v) is 24.8. The van der Waals surface area contributed by atoms with E-state index in [2.05, 4.69) is 21.3 Å². The summed E-state index contributed by atoms with van der Waals surface area (Å²) < 4.78 is 38.7. The summed E-state index contributed by atoms with van der Waals surface area (Å²) in [4.78, 5) is 25.7. The second-order valence-corrected chi connectivity index (χ2v) is 15.8. The molecule has 3 aliphatic carbocycles. The molecule has 2 aromatic heterocycles. The number of carbonyl (C=O) groups excluding carboxylic acids is 1. The average Bonchev–Trinajstić information content (AvgIpc) is 3.91. The van der Waals surface area contributed by atoms with Crippen LogP contribution in [0.5, 0.6) is 0 Å². The van der Waals surface area contributed by atoms with E-state index in [4.69, 9.17) is 4.98 Å². The number of thiazole rings is 1. The average molecular weight is 606 g/mol. The van der Waals surface area contributed by atoms with Crippen molar-refractivity contribution in [3.63, 3.8) is 0 Å². The van der Waals surface area contributed by atoms with Crippen molar-refractivity contribution in [1.29, 1.82) is 5.26 Å². The van der Waals surface area contributed by atoms with Crippen LogP contribution in [0, 0.1) is 23.1 Å². The Bertz CT molecular complexity index is 1690. The molecule has 218 valence electrons. The van der Waals surface area contributed by atoms with Gasteiger partial charge in [0, 0.05) is 42.4 Å². The Balaban J connectivity index is 1.23. The first-order valence-electron chi connectivity index (χ1n) is 14.6. The van der Waals surface area contributed by atoms with E-state index in [0.29, 0.717) is 36.5 Å². The molecular weight excluding hydrogens is 574 g/mol. The molecule has 1 amide bonds. The van der Waals surface area contributed by atoms with E-state index in [0.717, 1.165) is 60.3 Å². The molecule has 0 bridgehead atoms. The van der Waals surface area contributed by atoms with Crippen molar-refractivity contribution in [2.45, 2.75) is 67.6 Å². The number of anilines is 1. The quantitative estimate of drug-likeness (QED) is 0.409. The van der Waals surface area contributed by atoms with Gasteiger partial charge in [-0.3, -0.25) is 9.78 Å². The number of halogens is 1. The van der Waals surface area contributed by atoms with Crippen LogP contribution >= 0.6 is 11.3 Å². The highest BCUT2D eigenvalue weighted by Gasteiger charge is 2.57. The van der Waals surface area contributed by atoms with Crippen molar-refractivity contribution in [3.8, 4) is 27.1 Å². The lowest BCUT2D eigenvalue weighted by Gasteiger charge is -2.34. The minimum absolute atomic E-state index is 0.0870. The van der Waals surface area contributed by atoms with Crippen molar-refractivity contribution in [2.75, 3.05) is 23.7 Å². The zero-order chi connectivity index (χ0) is 29.1. The third-order valence-electron chi connectivity index (χ3n) is 9.46. The standard InChI is InChI=1S/C31H32FN5O3S2/c32-22-15-21(16-34-17-22)29-35-26(24-3-1-2-4-25(24)28(38)36-30(18-33)9-10-30)27(41-29)20-5-7-23(8-6-20)37-13-14-42(39,40)31(19-37)11-12-31/h5-8,15-17,24-25H,1-4,9-14,19H2,(H,36,38)/t24-,25-/m1/s1. The summed E-state index contributed by atoms with van der Waals surface area (Å²) >= 11 is 1.47. The highest BCUT2D eigenvalue weighted by molar-refractivity contribution is 7.93. The molecule has 3 heterocycles. The molecule has 2 atom stereocenters. The second-order valence-electron chi connectivity index (χ2n) is 12.3. The number of aromatic nitrogens is 2. The van der Waals surface area contributed by atoms with Crippen LogP contribution in [0.4, 0.5) is 10.1 Å². The minimum Gasteiger partial charge on any atom is -0.369 e. The first-order chi connectivity index (χ1) is 20.2. The molecule has 3 saturated carbocycles. The Kier molecular flexibility index (Phi) is 6.62. The molecule has 1 spiro atoms. The number of sulfone groups is 1. The Labute approximate surface area is 248 Å². The number of hydrogen-bond acceptors (Lipinski definition) is 8. The van der Waals surface area contributed by atoms with Gasteiger partial charge in [-0.2, -0.15) is 5.26 Å². The van der Waals surface area contributed by atoms with Gasteiger partial charge in [-0.05, 0) is 62.3 Å². The van der Waals surface area contributed by atoms with E-state index in [9.17, 15) is 22.9 Å². The van der Waals surface area contributed by atoms with E-state index in [1.54, 1.807) is 6.20 Å². The molecule has 0 unspecified atom stereocenters. The van der Waals surface area contributed by atoms with E-state index >= 15 is 0 Å². The highest BCUT2D eigenvalue weighted by Crippen LogP contribution is 2.49. The van der Waals surface area contributed by atoms with Crippen LogP contribution in [-0.2, 0) is 14.6 Å². The predicted octanol–water partition coefficient (Wildman–Crippen LogP) is 5.22. The van der Waals surface area contributed by atoms with Gasteiger partial charge < -0.3 is 10.2 Å². The van der Waals surface area contributed by atoms with E-state index in [-0.39, 0.29) is 23.5 Å². The first kappa shape index (κ1) is 27.5. The van der Waals surface area contributed by atoms with Gasteiger partial charge >= 0.3 is 0 Å². The maximum Gasteiger partial charge on any atom is 0.225 e. The Hall–Kier alpha value is -3.36.